The molecule has 0 bridgehead atoms. The fourth-order valence-corrected chi connectivity index (χ4v) is 1.28. The molecule has 1 aromatic carbocycles. The normalized spacial score (nSPS) is 10.5. The Labute approximate surface area is 74.0 Å². The van der Waals surface area contributed by atoms with E-state index in [-0.39, 0.29) is 5.56 Å². The molecule has 0 atom stereocenters. The average Bonchev–Trinajstić information content (AvgIpc) is 2.06. The summed E-state index contributed by atoms with van der Waals surface area (Å²) in [5.41, 5.74) is 0.744. The molecule has 5 heteroatoms. The Balaban J connectivity index is 3.04. The zero-order valence-electron chi connectivity index (χ0n) is 7.05. The Kier molecular flexibility index (Phi) is 1.58. The summed E-state index contributed by atoms with van der Waals surface area (Å²) in [6.07, 6.45) is 0. The maximum atomic E-state index is 11.3. The maximum Gasteiger partial charge on any atom is 0.326 e. The first kappa shape index (κ1) is 7.85. The van der Waals surface area contributed by atoms with Crippen molar-refractivity contribution >= 4 is 24.2 Å². The monoisotopic (exact) mass is 174 g/mol. The van der Waals surface area contributed by atoms with Gasteiger partial charge in [-0.15, -0.1) is 0 Å². The molecule has 0 unspecified atom stereocenters. The third-order valence-electron chi connectivity index (χ3n) is 1.89. The summed E-state index contributed by atoms with van der Waals surface area (Å²) in [6, 6.07) is 5.31. The molecular formula is C8H7BN2O2. The lowest BCUT2D eigenvalue weighted by molar-refractivity contribution is 1.08. The number of hydrogen-bond acceptors (Lipinski definition) is 2. The highest BCUT2D eigenvalue weighted by Gasteiger charge is 1.98. The lowest BCUT2D eigenvalue weighted by Crippen LogP contribution is -2.22. The quantitative estimate of drug-likeness (QED) is 0.476. The third-order valence-corrected chi connectivity index (χ3v) is 1.89. The van der Waals surface area contributed by atoms with Crippen molar-refractivity contribution in [2.45, 2.75) is 0 Å². The van der Waals surface area contributed by atoms with Crippen molar-refractivity contribution in [1.29, 1.82) is 0 Å². The van der Waals surface area contributed by atoms with Gasteiger partial charge < -0.3 is 4.98 Å². The van der Waals surface area contributed by atoms with E-state index >= 15 is 0 Å². The van der Waals surface area contributed by atoms with Gasteiger partial charge in [0.2, 0.25) is 0 Å². The molecule has 0 aliphatic rings. The average molecular weight is 174 g/mol. The van der Waals surface area contributed by atoms with Crippen LogP contribution in [-0.4, -0.2) is 17.8 Å². The van der Waals surface area contributed by atoms with Crippen molar-refractivity contribution in [1.82, 2.24) is 9.97 Å². The fourth-order valence-electron chi connectivity index (χ4n) is 1.28. The molecule has 0 saturated carbocycles. The third kappa shape index (κ3) is 1.28. The van der Waals surface area contributed by atoms with Crippen molar-refractivity contribution in [3.05, 3.63) is 39.0 Å². The van der Waals surface area contributed by atoms with Gasteiger partial charge in [0.15, 0.2) is 0 Å². The van der Waals surface area contributed by atoms with Crippen LogP contribution in [0.3, 0.4) is 0 Å². The molecule has 1 aromatic heterocycles. The smallest absolute Gasteiger partial charge is 0.307 e. The van der Waals surface area contributed by atoms with Crippen LogP contribution >= 0.6 is 0 Å². The Bertz CT molecular complexity index is 570. The van der Waals surface area contributed by atoms with E-state index in [2.05, 4.69) is 9.97 Å². The highest BCUT2D eigenvalue weighted by Crippen LogP contribution is 1.99. The number of fused-ring (bicyclic) bond motifs is 1. The van der Waals surface area contributed by atoms with Crippen LogP contribution in [0.25, 0.3) is 10.9 Å². The number of aromatic amines is 2. The summed E-state index contributed by atoms with van der Waals surface area (Å²) in [7, 11) is 1.89. The minimum Gasteiger partial charge on any atom is -0.307 e. The second-order valence-electron chi connectivity index (χ2n) is 2.96. The molecule has 0 spiro atoms. The maximum absolute atomic E-state index is 11.3. The predicted molar refractivity (Wildman–Crippen MR) is 53.4 cm³/mol. The first-order valence-electron chi connectivity index (χ1n) is 3.90. The summed E-state index contributed by atoms with van der Waals surface area (Å²) in [4.78, 5) is 26.9. The number of nitrogens with one attached hydrogen (secondary N) is 2. The zero-order chi connectivity index (χ0) is 9.42. The molecule has 0 fully saturated rings. The van der Waals surface area contributed by atoms with Gasteiger partial charge in [0.25, 0.3) is 5.56 Å². The number of benzene rings is 1. The topological polar surface area (TPSA) is 65.7 Å². The summed E-state index contributed by atoms with van der Waals surface area (Å²) >= 11 is 0. The van der Waals surface area contributed by atoms with Gasteiger partial charge in [-0.2, -0.15) is 0 Å². The Morgan fingerprint density at radius 3 is 2.69 bits per heavy atom. The predicted octanol–water partition coefficient (Wildman–Crippen LogP) is -1.53. The van der Waals surface area contributed by atoms with Gasteiger partial charge in [-0.25, -0.2) is 4.79 Å². The van der Waals surface area contributed by atoms with Crippen molar-refractivity contribution in [2.75, 3.05) is 0 Å². The second kappa shape index (κ2) is 2.62. The van der Waals surface area contributed by atoms with Crippen LogP contribution in [0, 0.1) is 0 Å². The standard InChI is InChI=1S/C8H7BN2O2/c9-4-1-2-6-5(3-4)7(12)11-8(13)10-6/h1-3H,9H2,(H2,10,11,12,13). The summed E-state index contributed by atoms with van der Waals surface area (Å²) in [5, 5.41) is 0.514. The van der Waals surface area contributed by atoms with E-state index < -0.39 is 5.69 Å². The van der Waals surface area contributed by atoms with Gasteiger partial charge >= 0.3 is 5.69 Å². The Hall–Kier alpha value is -1.78. The van der Waals surface area contributed by atoms with E-state index in [1.807, 2.05) is 13.9 Å². The first-order valence-corrected chi connectivity index (χ1v) is 3.90. The molecule has 2 rings (SSSR count). The molecular weight excluding hydrogens is 167 g/mol. The Morgan fingerprint density at radius 2 is 1.92 bits per heavy atom. The minimum absolute atomic E-state index is 0.345. The number of rotatable bonds is 0. The van der Waals surface area contributed by atoms with Crippen LogP contribution in [0.2, 0.25) is 0 Å². The fraction of sp³-hybridized carbons (Fsp3) is 0. The summed E-state index contributed by atoms with van der Waals surface area (Å²) < 4.78 is 0. The summed E-state index contributed by atoms with van der Waals surface area (Å²) in [5.74, 6) is 0. The van der Waals surface area contributed by atoms with Gasteiger partial charge in [0.05, 0.1) is 10.9 Å². The highest BCUT2D eigenvalue weighted by molar-refractivity contribution is 6.33. The van der Waals surface area contributed by atoms with E-state index in [0.717, 1.165) is 5.46 Å². The van der Waals surface area contributed by atoms with E-state index in [9.17, 15) is 9.59 Å². The van der Waals surface area contributed by atoms with Gasteiger partial charge in [-0.1, -0.05) is 17.6 Å². The Morgan fingerprint density at radius 1 is 1.15 bits per heavy atom. The molecule has 0 amide bonds. The van der Waals surface area contributed by atoms with Crippen LogP contribution in [0.4, 0.5) is 0 Å². The molecule has 0 aliphatic carbocycles. The molecule has 2 aromatic rings. The molecule has 0 saturated heterocycles. The van der Waals surface area contributed by atoms with E-state index in [4.69, 9.17) is 0 Å². The molecule has 0 aliphatic heterocycles. The van der Waals surface area contributed by atoms with Crippen LogP contribution in [0.1, 0.15) is 0 Å². The molecule has 2 N–H and O–H groups in total. The van der Waals surface area contributed by atoms with E-state index in [0.29, 0.717) is 10.9 Å². The number of hydrogen-bond donors (Lipinski definition) is 2. The van der Waals surface area contributed by atoms with Crippen LogP contribution < -0.4 is 16.7 Å². The molecule has 13 heavy (non-hydrogen) atoms. The molecule has 64 valence electrons. The van der Waals surface area contributed by atoms with Gasteiger partial charge in [0, 0.05) is 0 Å². The van der Waals surface area contributed by atoms with E-state index in [1.54, 1.807) is 12.1 Å². The van der Waals surface area contributed by atoms with Crippen molar-refractivity contribution in [3.8, 4) is 0 Å². The lowest BCUT2D eigenvalue weighted by Gasteiger charge is -1.96. The van der Waals surface area contributed by atoms with Crippen LogP contribution in [-0.2, 0) is 0 Å². The van der Waals surface area contributed by atoms with Gasteiger partial charge in [-0.3, -0.25) is 9.78 Å². The number of H-pyrrole nitrogens is 2. The van der Waals surface area contributed by atoms with Crippen LogP contribution in [0.15, 0.2) is 27.8 Å². The van der Waals surface area contributed by atoms with Gasteiger partial charge in [0.1, 0.15) is 7.85 Å². The molecule has 4 nitrogen and oxygen atoms in total. The van der Waals surface area contributed by atoms with E-state index in [1.165, 1.54) is 0 Å². The SMILES string of the molecule is Bc1ccc2[nH]c(=O)[nH]c(=O)c2c1. The zero-order valence-corrected chi connectivity index (χ0v) is 7.05. The van der Waals surface area contributed by atoms with Crippen molar-refractivity contribution < 1.29 is 0 Å². The van der Waals surface area contributed by atoms with Gasteiger partial charge in [-0.05, 0) is 6.07 Å². The van der Waals surface area contributed by atoms with Crippen LogP contribution in [0.5, 0.6) is 0 Å². The molecule has 0 radical (unpaired) electrons. The first-order chi connectivity index (χ1) is 6.16. The minimum atomic E-state index is -0.471. The largest absolute Gasteiger partial charge is 0.326 e. The second-order valence-corrected chi connectivity index (χ2v) is 2.96. The molecule has 1 heterocycles. The summed E-state index contributed by atoms with van der Waals surface area (Å²) in [6.45, 7) is 0. The van der Waals surface area contributed by atoms with Crippen molar-refractivity contribution in [3.63, 3.8) is 0 Å². The van der Waals surface area contributed by atoms with Crippen molar-refractivity contribution in [2.24, 2.45) is 0 Å². The highest BCUT2D eigenvalue weighted by atomic mass is 16.2. The lowest BCUT2D eigenvalue weighted by atomic mass is 9.95. The number of aromatic nitrogens is 2.